The van der Waals surface area contributed by atoms with Crippen LogP contribution in [0, 0.1) is 0 Å². The molecule has 28 heavy (non-hydrogen) atoms. The van der Waals surface area contributed by atoms with Gasteiger partial charge in [0.15, 0.2) is 0 Å². The number of halogens is 1. The van der Waals surface area contributed by atoms with E-state index < -0.39 is 0 Å². The van der Waals surface area contributed by atoms with Gasteiger partial charge in [0.2, 0.25) is 0 Å². The van der Waals surface area contributed by atoms with Crippen LogP contribution in [0.5, 0.6) is 0 Å². The molecule has 0 bridgehead atoms. The summed E-state index contributed by atoms with van der Waals surface area (Å²) < 4.78 is 0.994. The average molecular weight is 404 g/mol. The molecule has 2 heterocycles. The third-order valence-corrected chi connectivity index (χ3v) is 6.20. The molecule has 3 aromatic carbocycles. The first-order valence-corrected chi connectivity index (χ1v) is 9.92. The average Bonchev–Trinajstić information content (AvgIpc) is 3.30. The van der Waals surface area contributed by atoms with E-state index in [1.807, 2.05) is 72.8 Å². The highest BCUT2D eigenvalue weighted by Gasteiger charge is 2.17. The summed E-state index contributed by atoms with van der Waals surface area (Å²) in [7, 11) is 0. The summed E-state index contributed by atoms with van der Waals surface area (Å²) in [6.45, 7) is 0. The second-order valence-electron chi connectivity index (χ2n) is 6.38. The van der Waals surface area contributed by atoms with Crippen LogP contribution in [0.4, 0.5) is 5.69 Å². The number of aromatic nitrogens is 2. The molecule has 4 nitrogen and oxygen atoms in total. The molecule has 0 radical (unpaired) electrons. The van der Waals surface area contributed by atoms with E-state index in [2.05, 4.69) is 15.3 Å². The number of benzene rings is 3. The number of amides is 1. The van der Waals surface area contributed by atoms with Crippen LogP contribution in [-0.2, 0) is 0 Å². The molecule has 0 atom stereocenters. The van der Waals surface area contributed by atoms with Crippen molar-refractivity contribution in [1.29, 1.82) is 0 Å². The summed E-state index contributed by atoms with van der Waals surface area (Å²) >= 11 is 7.82. The standard InChI is InChI=1S/C22H14ClN3OS/c23-19-15-8-1-4-11-18(15)28-20(19)22(27)24-14-7-5-6-13(12-14)21-25-16-9-2-3-10-17(16)26-21/h1-12H,(H,24,27)(H,25,26). The molecule has 0 spiro atoms. The van der Waals surface area contributed by atoms with Gasteiger partial charge in [0.25, 0.3) is 5.91 Å². The van der Waals surface area contributed by atoms with Crippen LogP contribution in [0.1, 0.15) is 9.67 Å². The van der Waals surface area contributed by atoms with Gasteiger partial charge in [-0.15, -0.1) is 11.3 Å². The van der Waals surface area contributed by atoms with E-state index in [0.717, 1.165) is 32.5 Å². The lowest BCUT2D eigenvalue weighted by Gasteiger charge is -2.06. The molecule has 5 aromatic rings. The van der Waals surface area contributed by atoms with E-state index in [4.69, 9.17) is 11.6 Å². The van der Waals surface area contributed by atoms with Crippen molar-refractivity contribution in [2.75, 3.05) is 5.32 Å². The summed E-state index contributed by atoms with van der Waals surface area (Å²) in [4.78, 5) is 21.2. The number of nitrogens with one attached hydrogen (secondary N) is 2. The van der Waals surface area contributed by atoms with Crippen molar-refractivity contribution in [3.8, 4) is 11.4 Å². The van der Waals surface area contributed by atoms with Gasteiger partial charge in [-0.05, 0) is 30.3 Å². The Balaban J connectivity index is 1.46. The minimum absolute atomic E-state index is 0.215. The van der Waals surface area contributed by atoms with Gasteiger partial charge in [-0.1, -0.05) is 54.1 Å². The van der Waals surface area contributed by atoms with Crippen molar-refractivity contribution in [2.24, 2.45) is 0 Å². The number of imidazole rings is 1. The summed E-state index contributed by atoms with van der Waals surface area (Å²) in [6.07, 6.45) is 0. The van der Waals surface area contributed by atoms with Crippen molar-refractivity contribution in [3.63, 3.8) is 0 Å². The topological polar surface area (TPSA) is 57.8 Å². The van der Waals surface area contributed by atoms with Gasteiger partial charge in [0.05, 0.1) is 16.1 Å². The van der Waals surface area contributed by atoms with Crippen LogP contribution in [0.3, 0.4) is 0 Å². The van der Waals surface area contributed by atoms with Gasteiger partial charge in [-0.3, -0.25) is 4.79 Å². The van der Waals surface area contributed by atoms with Gasteiger partial charge in [-0.2, -0.15) is 0 Å². The normalized spacial score (nSPS) is 11.2. The molecule has 0 fully saturated rings. The number of H-pyrrole nitrogens is 1. The monoisotopic (exact) mass is 403 g/mol. The molecular weight excluding hydrogens is 390 g/mol. The summed E-state index contributed by atoms with van der Waals surface area (Å²) in [5.41, 5.74) is 3.47. The Bertz CT molecular complexity index is 1310. The molecule has 0 saturated carbocycles. The number of rotatable bonds is 3. The van der Waals surface area contributed by atoms with Gasteiger partial charge in [-0.25, -0.2) is 4.98 Å². The number of nitrogens with zero attached hydrogens (tertiary/aromatic N) is 1. The Morgan fingerprint density at radius 1 is 1.00 bits per heavy atom. The Morgan fingerprint density at radius 2 is 1.82 bits per heavy atom. The second-order valence-corrected chi connectivity index (χ2v) is 7.81. The minimum atomic E-state index is -0.215. The lowest BCUT2D eigenvalue weighted by atomic mass is 10.2. The molecule has 1 amide bonds. The first kappa shape index (κ1) is 17.0. The fraction of sp³-hybridized carbons (Fsp3) is 0. The van der Waals surface area contributed by atoms with E-state index >= 15 is 0 Å². The molecule has 0 saturated heterocycles. The molecule has 0 aliphatic carbocycles. The molecule has 0 unspecified atom stereocenters. The van der Waals surface area contributed by atoms with E-state index in [0.29, 0.717) is 15.6 Å². The lowest BCUT2D eigenvalue weighted by molar-refractivity contribution is 0.103. The van der Waals surface area contributed by atoms with E-state index in [9.17, 15) is 4.79 Å². The first-order chi connectivity index (χ1) is 13.7. The number of para-hydroxylation sites is 2. The van der Waals surface area contributed by atoms with E-state index in [1.54, 1.807) is 0 Å². The number of carbonyl (C=O) groups is 1. The SMILES string of the molecule is O=C(Nc1cccc(-c2nc3ccccc3[nH]2)c1)c1sc2ccccc2c1Cl. The molecule has 2 N–H and O–H groups in total. The fourth-order valence-electron chi connectivity index (χ4n) is 3.18. The van der Waals surface area contributed by atoms with Crippen molar-refractivity contribution in [2.45, 2.75) is 0 Å². The number of carbonyl (C=O) groups excluding carboxylic acids is 1. The van der Waals surface area contributed by atoms with E-state index in [1.165, 1.54) is 11.3 Å². The molecule has 136 valence electrons. The Morgan fingerprint density at radius 3 is 2.68 bits per heavy atom. The number of thiophene rings is 1. The smallest absolute Gasteiger partial charge is 0.267 e. The molecule has 0 aliphatic heterocycles. The zero-order valence-electron chi connectivity index (χ0n) is 14.6. The van der Waals surface area contributed by atoms with Crippen molar-refractivity contribution in [1.82, 2.24) is 9.97 Å². The van der Waals surface area contributed by atoms with Gasteiger partial charge < -0.3 is 10.3 Å². The number of hydrogen-bond donors (Lipinski definition) is 2. The summed E-state index contributed by atoms with van der Waals surface area (Å²) in [5, 5.41) is 4.34. The lowest BCUT2D eigenvalue weighted by Crippen LogP contribution is -2.10. The number of anilines is 1. The fourth-order valence-corrected chi connectivity index (χ4v) is 4.59. The van der Waals surface area contributed by atoms with Crippen LogP contribution in [0.25, 0.3) is 32.5 Å². The van der Waals surface area contributed by atoms with Crippen LogP contribution in [-0.4, -0.2) is 15.9 Å². The minimum Gasteiger partial charge on any atom is -0.338 e. The first-order valence-electron chi connectivity index (χ1n) is 8.72. The maximum atomic E-state index is 12.8. The van der Waals surface area contributed by atoms with Crippen LogP contribution < -0.4 is 5.32 Å². The van der Waals surface area contributed by atoms with Gasteiger partial charge in [0, 0.05) is 21.3 Å². The maximum absolute atomic E-state index is 12.8. The zero-order valence-corrected chi connectivity index (χ0v) is 16.1. The predicted octanol–water partition coefficient (Wildman–Crippen LogP) is 6.35. The van der Waals surface area contributed by atoms with Gasteiger partial charge >= 0.3 is 0 Å². The van der Waals surface area contributed by atoms with E-state index in [-0.39, 0.29) is 5.91 Å². The van der Waals surface area contributed by atoms with Gasteiger partial charge in [0.1, 0.15) is 10.7 Å². The molecule has 2 aromatic heterocycles. The number of hydrogen-bond acceptors (Lipinski definition) is 3. The Labute approximate surface area is 169 Å². The van der Waals surface area contributed by atoms with Crippen LogP contribution >= 0.6 is 22.9 Å². The quantitative estimate of drug-likeness (QED) is 0.368. The molecule has 0 aliphatic rings. The number of fused-ring (bicyclic) bond motifs is 2. The summed E-state index contributed by atoms with van der Waals surface area (Å²) in [6, 6.07) is 23.2. The molecular formula is C22H14ClN3OS. The Kier molecular flexibility index (Phi) is 4.11. The highest BCUT2D eigenvalue weighted by molar-refractivity contribution is 7.21. The third-order valence-electron chi connectivity index (χ3n) is 4.52. The highest BCUT2D eigenvalue weighted by atomic mass is 35.5. The van der Waals surface area contributed by atoms with Crippen molar-refractivity contribution in [3.05, 3.63) is 82.7 Å². The molecule has 6 heteroatoms. The van der Waals surface area contributed by atoms with Crippen molar-refractivity contribution < 1.29 is 4.79 Å². The van der Waals surface area contributed by atoms with Crippen molar-refractivity contribution >= 4 is 55.7 Å². The highest BCUT2D eigenvalue weighted by Crippen LogP contribution is 2.35. The summed E-state index contributed by atoms with van der Waals surface area (Å²) in [5.74, 6) is 0.546. The second kappa shape index (κ2) is 6.78. The predicted molar refractivity (Wildman–Crippen MR) is 116 cm³/mol. The van der Waals surface area contributed by atoms with Crippen LogP contribution in [0.15, 0.2) is 72.8 Å². The Hall–Kier alpha value is -3.15. The zero-order chi connectivity index (χ0) is 19.1. The molecule has 5 rings (SSSR count). The third kappa shape index (κ3) is 2.95. The van der Waals surface area contributed by atoms with Crippen LogP contribution in [0.2, 0.25) is 5.02 Å². The number of aromatic amines is 1. The maximum Gasteiger partial charge on any atom is 0.267 e. The largest absolute Gasteiger partial charge is 0.338 e.